The van der Waals surface area contributed by atoms with Crippen LogP contribution in [0.2, 0.25) is 5.02 Å². The average Bonchev–Trinajstić information content (AvgIpc) is 3.19. The zero-order valence-electron chi connectivity index (χ0n) is 14.6. The summed E-state index contributed by atoms with van der Waals surface area (Å²) in [5.41, 5.74) is 0.781. The van der Waals surface area contributed by atoms with Gasteiger partial charge in [0.15, 0.2) is 0 Å². The van der Waals surface area contributed by atoms with Crippen molar-refractivity contribution in [3.05, 3.63) is 52.1 Å². The van der Waals surface area contributed by atoms with Gasteiger partial charge in [0.05, 0.1) is 16.6 Å². The van der Waals surface area contributed by atoms with Crippen LogP contribution in [-0.2, 0) is 4.79 Å². The minimum atomic E-state index is -0.289. The van der Waals surface area contributed by atoms with Gasteiger partial charge in [-0.2, -0.15) is 0 Å². The number of benzene rings is 1. The number of rotatable bonds is 6. The highest BCUT2D eigenvalue weighted by Crippen LogP contribution is 2.34. The molecular formula is C19H19ClN2O3S. The van der Waals surface area contributed by atoms with E-state index in [1.807, 2.05) is 36.9 Å². The third-order valence-electron chi connectivity index (χ3n) is 4.15. The SMILES string of the molecule is CCN(CC)CN1C(=O)SC(=Cc2ccc(-c3ccccc3Cl)o2)C1=O. The van der Waals surface area contributed by atoms with Crippen LogP contribution in [0.25, 0.3) is 17.4 Å². The monoisotopic (exact) mass is 390 g/mol. The molecule has 0 saturated carbocycles. The third kappa shape index (κ3) is 3.87. The summed E-state index contributed by atoms with van der Waals surface area (Å²) in [7, 11) is 0. The summed E-state index contributed by atoms with van der Waals surface area (Å²) >= 11 is 7.12. The van der Waals surface area contributed by atoms with Crippen molar-refractivity contribution < 1.29 is 14.0 Å². The smallest absolute Gasteiger partial charge is 0.294 e. The van der Waals surface area contributed by atoms with E-state index in [4.69, 9.17) is 16.0 Å². The molecule has 136 valence electrons. The lowest BCUT2D eigenvalue weighted by Gasteiger charge is -2.23. The van der Waals surface area contributed by atoms with Gasteiger partial charge in [0.25, 0.3) is 11.1 Å². The van der Waals surface area contributed by atoms with E-state index in [0.717, 1.165) is 30.4 Å². The third-order valence-corrected chi connectivity index (χ3v) is 5.39. The Labute approximate surface area is 161 Å². The number of hydrogen-bond donors (Lipinski definition) is 0. The van der Waals surface area contributed by atoms with Gasteiger partial charge in [-0.15, -0.1) is 0 Å². The summed E-state index contributed by atoms with van der Waals surface area (Å²) in [6.45, 7) is 5.85. The maximum absolute atomic E-state index is 12.5. The van der Waals surface area contributed by atoms with Gasteiger partial charge in [0.2, 0.25) is 0 Å². The van der Waals surface area contributed by atoms with Gasteiger partial charge >= 0.3 is 0 Å². The highest BCUT2D eigenvalue weighted by Gasteiger charge is 2.35. The Morgan fingerprint density at radius 2 is 1.88 bits per heavy atom. The van der Waals surface area contributed by atoms with Gasteiger partial charge in [-0.25, -0.2) is 0 Å². The standard InChI is InChI=1S/C19H19ClN2O3S/c1-3-21(4-2)12-22-18(23)17(26-19(22)24)11-13-9-10-16(25-13)14-7-5-6-8-15(14)20/h5-11H,3-4,12H2,1-2H3. The molecule has 7 heteroatoms. The normalized spacial score (nSPS) is 16.3. The molecule has 3 rings (SSSR count). The van der Waals surface area contributed by atoms with Gasteiger partial charge < -0.3 is 4.42 Å². The number of amides is 2. The van der Waals surface area contributed by atoms with E-state index in [2.05, 4.69) is 0 Å². The van der Waals surface area contributed by atoms with Crippen LogP contribution >= 0.6 is 23.4 Å². The van der Waals surface area contributed by atoms with Crippen molar-refractivity contribution >= 4 is 40.6 Å². The summed E-state index contributed by atoms with van der Waals surface area (Å²) in [4.78, 5) is 28.4. The topological polar surface area (TPSA) is 53.8 Å². The zero-order valence-corrected chi connectivity index (χ0v) is 16.1. The van der Waals surface area contributed by atoms with Crippen molar-refractivity contribution in [1.29, 1.82) is 0 Å². The van der Waals surface area contributed by atoms with Crippen LogP contribution in [0, 0.1) is 0 Å². The maximum atomic E-state index is 12.5. The summed E-state index contributed by atoms with van der Waals surface area (Å²) in [5.74, 6) is 0.833. The number of hydrogen-bond acceptors (Lipinski definition) is 5. The first-order valence-corrected chi connectivity index (χ1v) is 9.55. The number of halogens is 1. The predicted octanol–water partition coefficient (Wildman–Crippen LogP) is 4.94. The fourth-order valence-electron chi connectivity index (χ4n) is 2.61. The van der Waals surface area contributed by atoms with Crippen LogP contribution in [0.3, 0.4) is 0 Å². The van der Waals surface area contributed by atoms with Crippen molar-refractivity contribution in [2.75, 3.05) is 19.8 Å². The number of furan rings is 1. The summed E-state index contributed by atoms with van der Waals surface area (Å²) < 4.78 is 5.79. The van der Waals surface area contributed by atoms with Gasteiger partial charge in [-0.3, -0.25) is 19.4 Å². The molecular weight excluding hydrogens is 372 g/mol. The minimum absolute atomic E-state index is 0.258. The van der Waals surface area contributed by atoms with Crippen molar-refractivity contribution in [2.45, 2.75) is 13.8 Å². The van der Waals surface area contributed by atoms with Gasteiger partial charge in [-0.05, 0) is 49.1 Å². The molecule has 0 spiro atoms. The molecule has 0 radical (unpaired) electrons. The molecule has 2 amide bonds. The molecule has 26 heavy (non-hydrogen) atoms. The molecule has 1 aromatic heterocycles. The fourth-order valence-corrected chi connectivity index (χ4v) is 3.65. The van der Waals surface area contributed by atoms with E-state index >= 15 is 0 Å². The first-order valence-electron chi connectivity index (χ1n) is 8.36. The lowest BCUT2D eigenvalue weighted by molar-refractivity contribution is -0.124. The first-order chi connectivity index (χ1) is 12.5. The molecule has 2 heterocycles. The number of imide groups is 1. The molecule has 0 atom stereocenters. The molecule has 1 fully saturated rings. The lowest BCUT2D eigenvalue weighted by Crippen LogP contribution is -2.40. The van der Waals surface area contributed by atoms with Crippen LogP contribution < -0.4 is 0 Å². The van der Waals surface area contributed by atoms with Gasteiger partial charge in [-0.1, -0.05) is 37.6 Å². The minimum Gasteiger partial charge on any atom is -0.457 e. The molecule has 2 aromatic rings. The fraction of sp³-hybridized carbons (Fsp3) is 0.263. The molecule has 0 unspecified atom stereocenters. The highest BCUT2D eigenvalue weighted by atomic mass is 35.5. The Hall–Kier alpha value is -2.02. The van der Waals surface area contributed by atoms with E-state index in [1.54, 1.807) is 24.3 Å². The lowest BCUT2D eigenvalue weighted by atomic mass is 10.2. The summed E-state index contributed by atoms with van der Waals surface area (Å²) in [6, 6.07) is 10.9. The predicted molar refractivity (Wildman–Crippen MR) is 105 cm³/mol. The Kier molecular flexibility index (Phi) is 5.86. The maximum Gasteiger partial charge on any atom is 0.294 e. The van der Waals surface area contributed by atoms with Crippen molar-refractivity contribution in [3.63, 3.8) is 0 Å². The van der Waals surface area contributed by atoms with Crippen LogP contribution in [0.15, 0.2) is 45.7 Å². The van der Waals surface area contributed by atoms with Crippen LogP contribution in [0.4, 0.5) is 4.79 Å². The van der Waals surface area contributed by atoms with E-state index in [-0.39, 0.29) is 11.1 Å². The largest absolute Gasteiger partial charge is 0.457 e. The van der Waals surface area contributed by atoms with E-state index < -0.39 is 0 Å². The number of carbonyl (C=O) groups is 2. The van der Waals surface area contributed by atoms with Gasteiger partial charge in [0.1, 0.15) is 11.5 Å². The molecule has 1 aliphatic heterocycles. The van der Waals surface area contributed by atoms with E-state index in [0.29, 0.717) is 28.1 Å². The van der Waals surface area contributed by atoms with Crippen molar-refractivity contribution in [2.24, 2.45) is 0 Å². The molecule has 1 aliphatic rings. The number of thioether (sulfide) groups is 1. The second kappa shape index (κ2) is 8.12. The Bertz CT molecular complexity index is 858. The zero-order chi connectivity index (χ0) is 18.7. The highest BCUT2D eigenvalue weighted by molar-refractivity contribution is 8.18. The molecule has 1 saturated heterocycles. The Morgan fingerprint density at radius 1 is 1.15 bits per heavy atom. The summed E-state index contributed by atoms with van der Waals surface area (Å²) in [5, 5.41) is 0.332. The molecule has 1 aromatic carbocycles. The second-order valence-corrected chi connectivity index (χ2v) is 7.14. The average molecular weight is 391 g/mol. The Morgan fingerprint density at radius 3 is 2.58 bits per heavy atom. The van der Waals surface area contributed by atoms with Crippen LogP contribution in [-0.4, -0.2) is 40.7 Å². The molecule has 0 aliphatic carbocycles. The molecule has 0 N–H and O–H groups in total. The van der Waals surface area contributed by atoms with E-state index in [1.165, 1.54) is 4.90 Å². The van der Waals surface area contributed by atoms with E-state index in [9.17, 15) is 9.59 Å². The van der Waals surface area contributed by atoms with Crippen molar-refractivity contribution in [3.8, 4) is 11.3 Å². The van der Waals surface area contributed by atoms with Crippen LogP contribution in [0.1, 0.15) is 19.6 Å². The van der Waals surface area contributed by atoms with Gasteiger partial charge in [0, 0.05) is 11.6 Å². The Balaban J connectivity index is 1.80. The summed E-state index contributed by atoms with van der Waals surface area (Å²) in [6.07, 6.45) is 1.60. The number of nitrogens with zero attached hydrogens (tertiary/aromatic N) is 2. The first kappa shape index (κ1) is 18.8. The second-order valence-electron chi connectivity index (χ2n) is 5.74. The molecule has 0 bridgehead atoms. The molecule has 5 nitrogen and oxygen atoms in total. The van der Waals surface area contributed by atoms with Crippen LogP contribution in [0.5, 0.6) is 0 Å². The number of carbonyl (C=O) groups excluding carboxylic acids is 2. The quantitative estimate of drug-likeness (QED) is 0.654. The van der Waals surface area contributed by atoms with Crippen molar-refractivity contribution in [1.82, 2.24) is 9.80 Å².